The molecule has 3 N–H and O–H groups in total. The average Bonchev–Trinajstić information content (AvgIpc) is 2.18. The molecule has 4 nitrogen and oxygen atoms in total. The first kappa shape index (κ1) is 11.5. The summed E-state index contributed by atoms with van der Waals surface area (Å²) in [7, 11) is 1.85. The number of hydrogen-bond donors (Lipinski definition) is 3. The van der Waals surface area contributed by atoms with Crippen LogP contribution in [0, 0.1) is 6.92 Å². The van der Waals surface area contributed by atoms with Crippen LogP contribution in [0.4, 0.5) is 10.5 Å². The minimum atomic E-state index is -0.171. The molecule has 0 radical (unpaired) electrons. The van der Waals surface area contributed by atoms with Crippen LogP contribution in [0.15, 0.2) is 24.3 Å². The van der Waals surface area contributed by atoms with E-state index in [9.17, 15) is 4.79 Å². The van der Waals surface area contributed by atoms with Gasteiger partial charge in [-0.2, -0.15) is 0 Å². The molecule has 0 bridgehead atoms. The Morgan fingerprint density at radius 3 is 2.80 bits per heavy atom. The predicted molar refractivity (Wildman–Crippen MR) is 62.1 cm³/mol. The zero-order chi connectivity index (χ0) is 11.1. The van der Waals surface area contributed by atoms with Gasteiger partial charge in [0.25, 0.3) is 0 Å². The van der Waals surface area contributed by atoms with Crippen molar-refractivity contribution < 1.29 is 4.79 Å². The number of likely N-dealkylation sites (N-methyl/N-ethyl adjacent to an activating group) is 1. The van der Waals surface area contributed by atoms with Crippen molar-refractivity contribution in [3.8, 4) is 0 Å². The number of hydrogen-bond acceptors (Lipinski definition) is 2. The zero-order valence-corrected chi connectivity index (χ0v) is 9.13. The second-order valence-corrected chi connectivity index (χ2v) is 3.35. The molecule has 0 saturated heterocycles. The topological polar surface area (TPSA) is 53.2 Å². The van der Waals surface area contributed by atoms with Gasteiger partial charge in [0.1, 0.15) is 0 Å². The molecule has 0 atom stereocenters. The Kier molecular flexibility index (Phi) is 4.63. The van der Waals surface area contributed by atoms with E-state index in [1.165, 1.54) is 0 Å². The van der Waals surface area contributed by atoms with E-state index in [-0.39, 0.29) is 6.03 Å². The summed E-state index contributed by atoms with van der Waals surface area (Å²) in [4.78, 5) is 11.3. The third-order valence-electron chi connectivity index (χ3n) is 1.94. The van der Waals surface area contributed by atoms with Crippen molar-refractivity contribution >= 4 is 11.7 Å². The quantitative estimate of drug-likeness (QED) is 0.652. The number of nitrogens with one attached hydrogen (secondary N) is 3. The monoisotopic (exact) mass is 207 g/mol. The Hall–Kier alpha value is -1.55. The molecule has 0 aliphatic rings. The molecule has 0 spiro atoms. The molecule has 82 valence electrons. The highest BCUT2D eigenvalue weighted by molar-refractivity contribution is 5.89. The van der Waals surface area contributed by atoms with Crippen LogP contribution in [0.25, 0.3) is 0 Å². The van der Waals surface area contributed by atoms with Crippen molar-refractivity contribution in [1.82, 2.24) is 10.6 Å². The van der Waals surface area contributed by atoms with Gasteiger partial charge < -0.3 is 16.0 Å². The smallest absolute Gasteiger partial charge is 0.319 e. The molecule has 0 unspecified atom stereocenters. The van der Waals surface area contributed by atoms with Gasteiger partial charge in [0, 0.05) is 18.8 Å². The van der Waals surface area contributed by atoms with Gasteiger partial charge in [-0.25, -0.2) is 4.79 Å². The van der Waals surface area contributed by atoms with Crippen molar-refractivity contribution in [3.05, 3.63) is 29.8 Å². The molecule has 2 amide bonds. The van der Waals surface area contributed by atoms with Gasteiger partial charge in [-0.15, -0.1) is 0 Å². The van der Waals surface area contributed by atoms with Gasteiger partial charge in [-0.05, 0) is 31.7 Å². The Morgan fingerprint density at radius 1 is 1.33 bits per heavy atom. The van der Waals surface area contributed by atoms with Crippen LogP contribution in [0.3, 0.4) is 0 Å². The number of aryl methyl sites for hydroxylation is 1. The molecule has 1 rings (SSSR count). The molecule has 4 heteroatoms. The van der Waals surface area contributed by atoms with Gasteiger partial charge in [-0.1, -0.05) is 12.1 Å². The van der Waals surface area contributed by atoms with Crippen molar-refractivity contribution in [2.75, 3.05) is 25.5 Å². The van der Waals surface area contributed by atoms with E-state index in [0.29, 0.717) is 6.54 Å². The lowest BCUT2D eigenvalue weighted by molar-refractivity contribution is 0.252. The third kappa shape index (κ3) is 4.46. The summed E-state index contributed by atoms with van der Waals surface area (Å²) >= 11 is 0. The van der Waals surface area contributed by atoms with Gasteiger partial charge in [-0.3, -0.25) is 0 Å². The Balaban J connectivity index is 2.37. The zero-order valence-electron chi connectivity index (χ0n) is 9.13. The molecule has 0 saturated carbocycles. The number of rotatable bonds is 4. The summed E-state index contributed by atoms with van der Waals surface area (Å²) in [5, 5.41) is 8.46. The normalized spacial score (nSPS) is 9.73. The van der Waals surface area contributed by atoms with E-state index in [2.05, 4.69) is 16.0 Å². The molecule has 0 aliphatic heterocycles. The van der Waals surface area contributed by atoms with Crippen LogP contribution in [0.2, 0.25) is 0 Å². The molecule has 0 aromatic heterocycles. The summed E-state index contributed by atoms with van der Waals surface area (Å²) in [5.41, 5.74) is 1.94. The fourth-order valence-electron chi connectivity index (χ4n) is 1.20. The SMILES string of the molecule is CNCCNC(=O)Nc1cccc(C)c1. The molecule has 0 heterocycles. The summed E-state index contributed by atoms with van der Waals surface area (Å²) in [6.45, 7) is 3.37. The number of benzene rings is 1. The largest absolute Gasteiger partial charge is 0.337 e. The first-order valence-corrected chi connectivity index (χ1v) is 4.98. The lowest BCUT2D eigenvalue weighted by Crippen LogP contribution is -2.33. The first-order chi connectivity index (χ1) is 7.22. The highest BCUT2D eigenvalue weighted by atomic mass is 16.2. The van der Waals surface area contributed by atoms with Crippen molar-refractivity contribution in [1.29, 1.82) is 0 Å². The summed E-state index contributed by atoms with van der Waals surface area (Å²) < 4.78 is 0. The molecule has 15 heavy (non-hydrogen) atoms. The highest BCUT2D eigenvalue weighted by Crippen LogP contribution is 2.08. The number of carbonyl (C=O) groups is 1. The van der Waals surface area contributed by atoms with E-state index in [1.807, 2.05) is 38.2 Å². The van der Waals surface area contributed by atoms with E-state index in [1.54, 1.807) is 0 Å². The lowest BCUT2D eigenvalue weighted by atomic mass is 10.2. The Bertz CT molecular complexity index is 325. The maximum Gasteiger partial charge on any atom is 0.319 e. The van der Waals surface area contributed by atoms with Crippen LogP contribution < -0.4 is 16.0 Å². The minimum Gasteiger partial charge on any atom is -0.337 e. The van der Waals surface area contributed by atoms with Crippen LogP contribution in [-0.2, 0) is 0 Å². The first-order valence-electron chi connectivity index (χ1n) is 4.98. The predicted octanol–water partition coefficient (Wildman–Crippen LogP) is 1.34. The molecule has 0 aliphatic carbocycles. The number of carbonyl (C=O) groups excluding carboxylic acids is 1. The summed E-state index contributed by atoms with van der Waals surface area (Å²) in [6.07, 6.45) is 0. The third-order valence-corrected chi connectivity index (χ3v) is 1.94. The van der Waals surface area contributed by atoms with Crippen LogP contribution in [0.5, 0.6) is 0 Å². The summed E-state index contributed by atoms with van der Waals surface area (Å²) in [5.74, 6) is 0. The minimum absolute atomic E-state index is 0.171. The molecule has 1 aromatic rings. The fraction of sp³-hybridized carbons (Fsp3) is 0.364. The van der Waals surface area contributed by atoms with Crippen molar-refractivity contribution in [3.63, 3.8) is 0 Å². The van der Waals surface area contributed by atoms with Crippen LogP contribution in [0.1, 0.15) is 5.56 Å². The Labute approximate surface area is 90.1 Å². The van der Waals surface area contributed by atoms with E-state index in [0.717, 1.165) is 17.8 Å². The van der Waals surface area contributed by atoms with Gasteiger partial charge in [0.15, 0.2) is 0 Å². The van der Waals surface area contributed by atoms with Crippen LogP contribution in [-0.4, -0.2) is 26.2 Å². The number of urea groups is 1. The van der Waals surface area contributed by atoms with Crippen molar-refractivity contribution in [2.45, 2.75) is 6.92 Å². The standard InChI is InChI=1S/C11H17N3O/c1-9-4-3-5-10(8-9)14-11(15)13-7-6-12-2/h3-5,8,12H,6-7H2,1-2H3,(H2,13,14,15). The van der Waals surface area contributed by atoms with E-state index in [4.69, 9.17) is 0 Å². The summed E-state index contributed by atoms with van der Waals surface area (Å²) in [6, 6.07) is 7.53. The Morgan fingerprint density at radius 2 is 2.13 bits per heavy atom. The highest BCUT2D eigenvalue weighted by Gasteiger charge is 1.99. The second kappa shape index (κ2) is 6.03. The van der Waals surface area contributed by atoms with Gasteiger partial charge in [0.2, 0.25) is 0 Å². The van der Waals surface area contributed by atoms with Crippen LogP contribution >= 0.6 is 0 Å². The maximum atomic E-state index is 11.3. The average molecular weight is 207 g/mol. The molecular weight excluding hydrogens is 190 g/mol. The van der Waals surface area contributed by atoms with Gasteiger partial charge in [0.05, 0.1) is 0 Å². The van der Waals surface area contributed by atoms with E-state index < -0.39 is 0 Å². The van der Waals surface area contributed by atoms with Gasteiger partial charge >= 0.3 is 6.03 Å². The molecule has 0 fully saturated rings. The van der Waals surface area contributed by atoms with Crippen molar-refractivity contribution in [2.24, 2.45) is 0 Å². The fourth-order valence-corrected chi connectivity index (χ4v) is 1.20. The number of anilines is 1. The lowest BCUT2D eigenvalue weighted by Gasteiger charge is -2.07. The number of amides is 2. The molecule has 1 aromatic carbocycles. The second-order valence-electron chi connectivity index (χ2n) is 3.35. The van der Waals surface area contributed by atoms with E-state index >= 15 is 0 Å². The maximum absolute atomic E-state index is 11.3. The molecular formula is C11H17N3O.